The van der Waals surface area contributed by atoms with Gasteiger partial charge in [-0.05, 0) is 47.1 Å². The number of hydrogen-bond acceptors (Lipinski definition) is 4. The fourth-order valence-electron chi connectivity index (χ4n) is 2.27. The largest absolute Gasteiger partial charge is 0.467 e. The highest BCUT2D eigenvalue weighted by Gasteiger charge is 2.29. The monoisotopic (exact) mass is 403 g/mol. The van der Waals surface area contributed by atoms with Crippen molar-refractivity contribution in [3.8, 4) is 0 Å². The molecule has 1 heterocycles. The van der Waals surface area contributed by atoms with E-state index < -0.39 is 18.1 Å². The highest BCUT2D eigenvalue weighted by atomic mass is 127. The van der Waals surface area contributed by atoms with Crippen molar-refractivity contribution < 1.29 is 19.1 Å². The second-order valence-electron chi connectivity index (χ2n) is 4.88. The lowest BCUT2D eigenvalue weighted by atomic mass is 10.1. The van der Waals surface area contributed by atoms with Gasteiger partial charge in [-0.2, -0.15) is 0 Å². The molecule has 0 radical (unpaired) electrons. The van der Waals surface area contributed by atoms with Gasteiger partial charge in [-0.25, -0.2) is 4.79 Å². The van der Waals surface area contributed by atoms with E-state index in [9.17, 15) is 9.59 Å². The van der Waals surface area contributed by atoms with Gasteiger partial charge in [-0.15, -0.1) is 0 Å². The molecule has 1 saturated heterocycles. The van der Waals surface area contributed by atoms with E-state index in [0.29, 0.717) is 19.4 Å². The minimum Gasteiger partial charge on any atom is -0.467 e. The molecule has 0 aromatic heterocycles. The van der Waals surface area contributed by atoms with E-state index in [2.05, 4.69) is 27.9 Å². The van der Waals surface area contributed by atoms with Gasteiger partial charge in [0.1, 0.15) is 12.1 Å². The Morgan fingerprint density at radius 1 is 1.48 bits per heavy atom. The summed E-state index contributed by atoms with van der Waals surface area (Å²) >= 11 is 2.21. The normalized spacial score (nSPS) is 19.0. The zero-order valence-corrected chi connectivity index (χ0v) is 14.0. The Hall–Kier alpha value is -1.15. The zero-order chi connectivity index (χ0) is 15.2. The maximum absolute atomic E-state index is 12.1. The minimum absolute atomic E-state index is 0.242. The summed E-state index contributed by atoms with van der Waals surface area (Å²) < 4.78 is 11.2. The standard InChI is InChI=1S/C15H18INO4/c1-20-15(19)12(9-10-5-2-3-6-11(10)16)17-14(18)13-7-4-8-21-13/h2-3,5-6,12-13H,4,7-9H2,1H3,(H,17,18)/t12-,13-/m1/s1. The van der Waals surface area contributed by atoms with Crippen molar-refractivity contribution in [2.45, 2.75) is 31.4 Å². The number of benzene rings is 1. The average Bonchev–Trinajstić information content (AvgIpc) is 3.02. The smallest absolute Gasteiger partial charge is 0.328 e. The van der Waals surface area contributed by atoms with Gasteiger partial charge in [-0.1, -0.05) is 18.2 Å². The van der Waals surface area contributed by atoms with E-state index in [1.54, 1.807) is 0 Å². The van der Waals surface area contributed by atoms with Gasteiger partial charge in [0.15, 0.2) is 0 Å². The number of carbonyl (C=O) groups is 2. The van der Waals surface area contributed by atoms with Gasteiger partial charge in [0.05, 0.1) is 7.11 Å². The number of rotatable bonds is 5. The SMILES string of the molecule is COC(=O)[C@@H](Cc1ccccc1I)NC(=O)[C@H]1CCCO1. The van der Waals surface area contributed by atoms with Crippen LogP contribution in [0.25, 0.3) is 0 Å². The first-order valence-corrected chi connectivity index (χ1v) is 7.93. The van der Waals surface area contributed by atoms with Gasteiger partial charge in [-0.3, -0.25) is 4.79 Å². The molecular weight excluding hydrogens is 385 g/mol. The van der Waals surface area contributed by atoms with Gasteiger partial charge in [0, 0.05) is 16.6 Å². The summed E-state index contributed by atoms with van der Waals surface area (Å²) in [6.07, 6.45) is 1.52. The average molecular weight is 403 g/mol. The molecule has 1 aromatic rings. The molecule has 1 N–H and O–H groups in total. The van der Waals surface area contributed by atoms with Crippen LogP contribution in [0.3, 0.4) is 0 Å². The lowest BCUT2D eigenvalue weighted by molar-refractivity contribution is -0.146. The number of esters is 1. The summed E-state index contributed by atoms with van der Waals surface area (Å²) in [7, 11) is 1.32. The first-order valence-electron chi connectivity index (χ1n) is 6.85. The van der Waals surface area contributed by atoms with Crippen LogP contribution in [0.4, 0.5) is 0 Å². The fraction of sp³-hybridized carbons (Fsp3) is 0.467. The Kier molecular flexibility index (Phi) is 5.98. The van der Waals surface area contributed by atoms with Crippen LogP contribution in [0.15, 0.2) is 24.3 Å². The molecule has 0 bridgehead atoms. The van der Waals surface area contributed by atoms with Crippen molar-refractivity contribution in [3.05, 3.63) is 33.4 Å². The topological polar surface area (TPSA) is 64.6 Å². The molecule has 21 heavy (non-hydrogen) atoms. The van der Waals surface area contributed by atoms with Crippen molar-refractivity contribution in [2.75, 3.05) is 13.7 Å². The number of hydrogen-bond donors (Lipinski definition) is 1. The molecule has 2 rings (SSSR count). The number of methoxy groups -OCH3 is 1. The quantitative estimate of drug-likeness (QED) is 0.600. The van der Waals surface area contributed by atoms with Gasteiger partial charge in [0.25, 0.3) is 0 Å². The Morgan fingerprint density at radius 3 is 2.86 bits per heavy atom. The van der Waals surface area contributed by atoms with Crippen molar-refractivity contribution in [3.63, 3.8) is 0 Å². The Labute approximate surface area is 137 Å². The first-order chi connectivity index (χ1) is 10.1. The lowest BCUT2D eigenvalue weighted by Crippen LogP contribution is -2.47. The Bertz CT molecular complexity index is 514. The molecule has 1 aliphatic heterocycles. The highest BCUT2D eigenvalue weighted by molar-refractivity contribution is 14.1. The van der Waals surface area contributed by atoms with E-state index in [-0.39, 0.29) is 5.91 Å². The number of nitrogens with one attached hydrogen (secondary N) is 1. The molecular formula is C15H18INO4. The van der Waals surface area contributed by atoms with Crippen LogP contribution < -0.4 is 5.32 Å². The summed E-state index contributed by atoms with van der Waals surface area (Å²) in [4.78, 5) is 24.0. The minimum atomic E-state index is -0.692. The van der Waals surface area contributed by atoms with Crippen LogP contribution in [0.2, 0.25) is 0 Å². The van der Waals surface area contributed by atoms with Crippen molar-refractivity contribution >= 4 is 34.5 Å². The second-order valence-corrected chi connectivity index (χ2v) is 6.04. The van der Waals surface area contributed by atoms with E-state index in [1.807, 2.05) is 24.3 Å². The highest BCUT2D eigenvalue weighted by Crippen LogP contribution is 2.16. The molecule has 1 aliphatic rings. The van der Waals surface area contributed by atoms with Gasteiger partial charge in [0.2, 0.25) is 5.91 Å². The second kappa shape index (κ2) is 7.74. The molecule has 2 atom stereocenters. The molecule has 1 aromatic carbocycles. The predicted molar refractivity (Wildman–Crippen MR) is 85.8 cm³/mol. The molecule has 5 nitrogen and oxygen atoms in total. The summed E-state index contributed by atoms with van der Waals surface area (Å²) in [6, 6.07) is 7.06. The van der Waals surface area contributed by atoms with Crippen LogP contribution in [-0.2, 0) is 25.5 Å². The summed E-state index contributed by atoms with van der Waals surface area (Å²) in [5, 5.41) is 2.74. The zero-order valence-electron chi connectivity index (χ0n) is 11.8. The lowest BCUT2D eigenvalue weighted by Gasteiger charge is -2.19. The van der Waals surface area contributed by atoms with Crippen molar-refractivity contribution in [1.29, 1.82) is 0 Å². The van der Waals surface area contributed by atoms with Crippen molar-refractivity contribution in [1.82, 2.24) is 5.32 Å². The van der Waals surface area contributed by atoms with Crippen LogP contribution in [-0.4, -0.2) is 37.7 Å². The molecule has 0 unspecified atom stereocenters. The van der Waals surface area contributed by atoms with E-state index in [1.165, 1.54) is 7.11 Å². The van der Waals surface area contributed by atoms with Crippen molar-refractivity contribution in [2.24, 2.45) is 0 Å². The molecule has 1 fully saturated rings. The van der Waals surface area contributed by atoms with E-state index >= 15 is 0 Å². The molecule has 1 amide bonds. The summed E-state index contributed by atoms with van der Waals surface area (Å²) in [5.74, 6) is -0.685. The van der Waals surface area contributed by atoms with Crippen LogP contribution in [0, 0.1) is 3.57 Å². The predicted octanol–water partition coefficient (Wildman–Crippen LogP) is 1.67. The van der Waals surface area contributed by atoms with Gasteiger partial charge < -0.3 is 14.8 Å². The number of ether oxygens (including phenoxy) is 2. The number of carbonyl (C=O) groups excluding carboxylic acids is 2. The Morgan fingerprint density at radius 2 is 2.24 bits per heavy atom. The number of amides is 1. The van der Waals surface area contributed by atoms with Gasteiger partial charge >= 0.3 is 5.97 Å². The van der Waals surface area contributed by atoms with Crippen LogP contribution >= 0.6 is 22.6 Å². The third kappa shape index (κ3) is 4.41. The van der Waals surface area contributed by atoms with E-state index in [4.69, 9.17) is 9.47 Å². The number of halogens is 1. The Balaban J connectivity index is 2.06. The molecule has 6 heteroatoms. The summed E-state index contributed by atoms with van der Waals surface area (Å²) in [6.45, 7) is 0.595. The van der Waals surface area contributed by atoms with E-state index in [0.717, 1.165) is 15.6 Å². The van der Waals surface area contributed by atoms with Crippen LogP contribution in [0.1, 0.15) is 18.4 Å². The maximum Gasteiger partial charge on any atom is 0.328 e. The molecule has 0 spiro atoms. The fourth-order valence-corrected chi connectivity index (χ4v) is 2.88. The summed E-state index contributed by atoms with van der Waals surface area (Å²) in [5.41, 5.74) is 1.00. The molecule has 114 valence electrons. The molecule has 0 saturated carbocycles. The first kappa shape index (κ1) is 16.2. The van der Waals surface area contributed by atoms with Crippen LogP contribution in [0.5, 0.6) is 0 Å². The molecule has 0 aliphatic carbocycles. The third-order valence-corrected chi connectivity index (χ3v) is 4.46. The maximum atomic E-state index is 12.1. The third-order valence-electron chi connectivity index (χ3n) is 3.41.